The van der Waals surface area contributed by atoms with Gasteiger partial charge in [-0.25, -0.2) is 0 Å². The van der Waals surface area contributed by atoms with E-state index in [4.69, 9.17) is 4.74 Å². The quantitative estimate of drug-likeness (QED) is 0.800. The summed E-state index contributed by atoms with van der Waals surface area (Å²) in [6.07, 6.45) is 2.11. The molecule has 19 heavy (non-hydrogen) atoms. The van der Waals surface area contributed by atoms with Crippen LogP contribution in [0.2, 0.25) is 0 Å². The van der Waals surface area contributed by atoms with Gasteiger partial charge in [-0.15, -0.1) is 0 Å². The van der Waals surface area contributed by atoms with Crippen LogP contribution in [0.25, 0.3) is 0 Å². The van der Waals surface area contributed by atoms with E-state index < -0.39 is 5.54 Å². The standard InChI is InChI=1S/C12H18N6O/c1-4-14-9-15-10(17-11(16-9)19-3)18-12(2,7-13)8-5-6-8/h8H,4-6H2,1-3H3,(H2,14,15,16,17,18). The highest BCUT2D eigenvalue weighted by Crippen LogP contribution is 2.40. The zero-order chi connectivity index (χ0) is 13.9. The Morgan fingerprint density at radius 2 is 2.05 bits per heavy atom. The van der Waals surface area contributed by atoms with Gasteiger partial charge in [0.25, 0.3) is 0 Å². The summed E-state index contributed by atoms with van der Waals surface area (Å²) >= 11 is 0. The number of nitrogens with one attached hydrogen (secondary N) is 2. The van der Waals surface area contributed by atoms with E-state index in [1.165, 1.54) is 7.11 Å². The summed E-state index contributed by atoms with van der Waals surface area (Å²) in [5.74, 6) is 1.15. The fourth-order valence-electron chi connectivity index (χ4n) is 1.86. The van der Waals surface area contributed by atoms with Gasteiger partial charge in [-0.1, -0.05) is 0 Å². The van der Waals surface area contributed by atoms with Crippen LogP contribution in [0.3, 0.4) is 0 Å². The van der Waals surface area contributed by atoms with Gasteiger partial charge in [0.2, 0.25) is 11.9 Å². The number of aromatic nitrogens is 3. The second-order valence-electron chi connectivity index (χ2n) is 4.71. The molecule has 1 aromatic rings. The topological polar surface area (TPSA) is 95.8 Å². The molecule has 0 radical (unpaired) electrons. The SMILES string of the molecule is CCNc1nc(NC(C)(C#N)C2CC2)nc(OC)n1. The van der Waals surface area contributed by atoms with Crippen molar-refractivity contribution in [2.45, 2.75) is 32.2 Å². The molecule has 0 aromatic carbocycles. The smallest absolute Gasteiger partial charge is 0.322 e. The lowest BCUT2D eigenvalue weighted by atomic mass is 9.98. The molecule has 1 aliphatic carbocycles. The van der Waals surface area contributed by atoms with Gasteiger partial charge in [-0.2, -0.15) is 20.2 Å². The number of nitrogens with zero attached hydrogens (tertiary/aromatic N) is 4. The lowest BCUT2D eigenvalue weighted by Crippen LogP contribution is -2.36. The number of hydrogen-bond acceptors (Lipinski definition) is 7. The largest absolute Gasteiger partial charge is 0.467 e. The van der Waals surface area contributed by atoms with Crippen LogP contribution in [-0.4, -0.2) is 34.1 Å². The molecule has 7 heteroatoms. The fourth-order valence-corrected chi connectivity index (χ4v) is 1.86. The summed E-state index contributed by atoms with van der Waals surface area (Å²) in [6.45, 7) is 4.52. The Labute approximate surface area is 112 Å². The van der Waals surface area contributed by atoms with Crippen LogP contribution in [0.5, 0.6) is 6.01 Å². The van der Waals surface area contributed by atoms with Crippen molar-refractivity contribution in [1.82, 2.24) is 15.0 Å². The first kappa shape index (κ1) is 13.3. The van der Waals surface area contributed by atoms with Gasteiger partial charge in [-0.05, 0) is 32.6 Å². The minimum absolute atomic E-state index is 0.226. The number of methoxy groups -OCH3 is 1. The van der Waals surface area contributed by atoms with Gasteiger partial charge in [0.15, 0.2) is 0 Å². The van der Waals surface area contributed by atoms with Crippen molar-refractivity contribution in [3.8, 4) is 12.1 Å². The third kappa shape index (κ3) is 3.02. The number of hydrogen-bond donors (Lipinski definition) is 2. The van der Waals surface area contributed by atoms with Gasteiger partial charge in [0, 0.05) is 6.54 Å². The highest BCUT2D eigenvalue weighted by atomic mass is 16.5. The Morgan fingerprint density at radius 3 is 2.58 bits per heavy atom. The summed E-state index contributed by atoms with van der Waals surface area (Å²) in [7, 11) is 1.50. The molecule has 102 valence electrons. The molecule has 0 spiro atoms. The van der Waals surface area contributed by atoms with Gasteiger partial charge < -0.3 is 15.4 Å². The molecule has 1 fully saturated rings. The van der Waals surface area contributed by atoms with E-state index in [1.54, 1.807) is 0 Å². The van der Waals surface area contributed by atoms with E-state index in [-0.39, 0.29) is 6.01 Å². The molecule has 1 saturated carbocycles. The first-order valence-electron chi connectivity index (χ1n) is 6.34. The van der Waals surface area contributed by atoms with Crippen LogP contribution >= 0.6 is 0 Å². The van der Waals surface area contributed by atoms with Gasteiger partial charge in [-0.3, -0.25) is 0 Å². The molecule has 0 amide bonds. The predicted octanol–water partition coefficient (Wildman–Crippen LogP) is 1.42. The molecule has 7 nitrogen and oxygen atoms in total. The highest BCUT2D eigenvalue weighted by Gasteiger charge is 2.42. The minimum atomic E-state index is -0.643. The van der Waals surface area contributed by atoms with Gasteiger partial charge in [0.05, 0.1) is 13.2 Å². The van der Waals surface area contributed by atoms with Crippen LogP contribution in [0.15, 0.2) is 0 Å². The van der Waals surface area contributed by atoms with E-state index in [0.29, 0.717) is 24.4 Å². The Morgan fingerprint density at radius 1 is 1.37 bits per heavy atom. The van der Waals surface area contributed by atoms with Gasteiger partial charge in [0.1, 0.15) is 5.54 Å². The lowest BCUT2D eigenvalue weighted by molar-refractivity contribution is 0.379. The zero-order valence-electron chi connectivity index (χ0n) is 11.4. The van der Waals surface area contributed by atoms with Crippen molar-refractivity contribution in [3.63, 3.8) is 0 Å². The highest BCUT2D eigenvalue weighted by molar-refractivity contribution is 5.41. The molecule has 1 aliphatic rings. The molecule has 2 N–H and O–H groups in total. The van der Waals surface area contributed by atoms with Crippen LogP contribution < -0.4 is 15.4 Å². The molecule has 1 unspecified atom stereocenters. The molecule has 0 saturated heterocycles. The van der Waals surface area contributed by atoms with Crippen LogP contribution in [0, 0.1) is 17.2 Å². The second-order valence-corrected chi connectivity index (χ2v) is 4.71. The number of rotatable bonds is 6. The van der Waals surface area contributed by atoms with Gasteiger partial charge >= 0.3 is 6.01 Å². The molecule has 1 aromatic heterocycles. The van der Waals surface area contributed by atoms with Crippen molar-refractivity contribution >= 4 is 11.9 Å². The summed E-state index contributed by atoms with van der Waals surface area (Å²) in [4.78, 5) is 12.4. The van der Waals surface area contributed by atoms with E-state index in [2.05, 4.69) is 31.7 Å². The molecule has 0 aliphatic heterocycles. The fraction of sp³-hybridized carbons (Fsp3) is 0.667. The Hall–Kier alpha value is -2.10. The first-order valence-corrected chi connectivity index (χ1v) is 6.34. The normalized spacial score (nSPS) is 17.2. The molecular weight excluding hydrogens is 244 g/mol. The average molecular weight is 262 g/mol. The summed E-state index contributed by atoms with van der Waals surface area (Å²) in [5, 5.41) is 15.4. The van der Waals surface area contributed by atoms with E-state index in [0.717, 1.165) is 12.8 Å². The maximum absolute atomic E-state index is 9.33. The maximum Gasteiger partial charge on any atom is 0.322 e. The van der Waals surface area contributed by atoms with Crippen LogP contribution in [0.4, 0.5) is 11.9 Å². The predicted molar refractivity (Wildman–Crippen MR) is 70.9 cm³/mol. The van der Waals surface area contributed by atoms with E-state index in [9.17, 15) is 5.26 Å². The monoisotopic (exact) mass is 262 g/mol. The summed E-state index contributed by atoms with van der Waals surface area (Å²) in [6, 6.07) is 2.53. The summed E-state index contributed by atoms with van der Waals surface area (Å²) < 4.78 is 5.04. The van der Waals surface area contributed by atoms with Crippen molar-refractivity contribution < 1.29 is 4.74 Å². The van der Waals surface area contributed by atoms with Crippen molar-refractivity contribution in [3.05, 3.63) is 0 Å². The first-order chi connectivity index (χ1) is 9.11. The number of ether oxygens (including phenoxy) is 1. The Kier molecular flexibility index (Phi) is 3.69. The third-order valence-corrected chi connectivity index (χ3v) is 3.13. The molecule has 1 heterocycles. The minimum Gasteiger partial charge on any atom is -0.467 e. The van der Waals surface area contributed by atoms with Crippen LogP contribution in [0.1, 0.15) is 26.7 Å². The Balaban J connectivity index is 2.23. The number of anilines is 2. The molecular formula is C12H18N6O. The van der Waals surface area contributed by atoms with E-state index >= 15 is 0 Å². The van der Waals surface area contributed by atoms with E-state index in [1.807, 2.05) is 13.8 Å². The molecule has 2 rings (SSSR count). The summed E-state index contributed by atoms with van der Waals surface area (Å²) in [5.41, 5.74) is -0.643. The second kappa shape index (κ2) is 5.26. The molecule has 0 bridgehead atoms. The van der Waals surface area contributed by atoms with Crippen molar-refractivity contribution in [2.75, 3.05) is 24.3 Å². The third-order valence-electron chi connectivity index (χ3n) is 3.13. The zero-order valence-corrected chi connectivity index (χ0v) is 11.4. The van der Waals surface area contributed by atoms with Crippen LogP contribution in [-0.2, 0) is 0 Å². The lowest BCUT2D eigenvalue weighted by Gasteiger charge is -2.22. The van der Waals surface area contributed by atoms with Crippen molar-refractivity contribution in [1.29, 1.82) is 5.26 Å². The molecule has 1 atom stereocenters. The average Bonchev–Trinajstić information content (AvgIpc) is 3.23. The Bertz CT molecular complexity index is 495. The maximum atomic E-state index is 9.33. The van der Waals surface area contributed by atoms with Crippen molar-refractivity contribution in [2.24, 2.45) is 5.92 Å². The number of nitriles is 1.